The summed E-state index contributed by atoms with van der Waals surface area (Å²) < 4.78 is 32.1. The highest BCUT2D eigenvalue weighted by atomic mass is 35.5. The molecule has 1 N–H and O–H groups in total. The summed E-state index contributed by atoms with van der Waals surface area (Å²) in [5.74, 6) is 0.177. The number of nitrogens with one attached hydrogen (secondary N) is 1. The Balaban J connectivity index is 1.86. The van der Waals surface area contributed by atoms with Crippen LogP contribution >= 0.6 is 11.6 Å². The number of amides is 2. The van der Waals surface area contributed by atoms with E-state index < -0.39 is 16.1 Å². The van der Waals surface area contributed by atoms with Crippen LogP contribution in [0.1, 0.15) is 51.2 Å². The van der Waals surface area contributed by atoms with Crippen LogP contribution in [0, 0.1) is 0 Å². The molecule has 10 heteroatoms. The van der Waals surface area contributed by atoms with Gasteiger partial charge in [0, 0.05) is 37.0 Å². The van der Waals surface area contributed by atoms with Crippen molar-refractivity contribution in [1.82, 2.24) is 10.2 Å². The molecule has 3 aromatic carbocycles. The molecule has 232 valence electrons. The minimum atomic E-state index is -3.61. The summed E-state index contributed by atoms with van der Waals surface area (Å²) in [5.41, 5.74) is 2.25. The fourth-order valence-corrected chi connectivity index (χ4v) is 5.75. The SMILES string of the molecule is CCOc1ccc(N(CCCC(=O)N(Cc2ccc(Cl)cc2)[C@H](Cc2ccccc2)C(=O)N[C@@H](C)CC)S(C)(=O)=O)cc1. The van der Waals surface area contributed by atoms with Crippen molar-refractivity contribution < 1.29 is 22.7 Å². The molecule has 0 heterocycles. The smallest absolute Gasteiger partial charge is 0.243 e. The van der Waals surface area contributed by atoms with Gasteiger partial charge in [-0.2, -0.15) is 0 Å². The molecule has 3 aromatic rings. The van der Waals surface area contributed by atoms with Crippen LogP contribution in [-0.2, 0) is 32.6 Å². The van der Waals surface area contributed by atoms with Crippen LogP contribution < -0.4 is 14.4 Å². The monoisotopic (exact) mass is 627 g/mol. The van der Waals surface area contributed by atoms with Crippen LogP contribution in [0.3, 0.4) is 0 Å². The number of nitrogens with zero attached hydrogens (tertiary/aromatic N) is 2. The molecule has 2 amide bonds. The molecule has 0 aliphatic rings. The van der Waals surface area contributed by atoms with Crippen molar-refractivity contribution in [2.24, 2.45) is 0 Å². The summed E-state index contributed by atoms with van der Waals surface area (Å²) in [4.78, 5) is 29.2. The Morgan fingerprint density at radius 1 is 0.930 bits per heavy atom. The van der Waals surface area contributed by atoms with E-state index in [-0.39, 0.29) is 43.8 Å². The Kier molecular flexibility index (Phi) is 12.9. The van der Waals surface area contributed by atoms with Gasteiger partial charge in [-0.15, -0.1) is 0 Å². The lowest BCUT2D eigenvalue weighted by Gasteiger charge is -2.32. The van der Waals surface area contributed by atoms with E-state index in [1.165, 1.54) is 4.31 Å². The van der Waals surface area contributed by atoms with Crippen molar-refractivity contribution in [2.75, 3.05) is 23.7 Å². The first kappa shape index (κ1) is 33.9. The van der Waals surface area contributed by atoms with E-state index >= 15 is 0 Å². The summed E-state index contributed by atoms with van der Waals surface area (Å²) in [6, 6.07) is 22.8. The second kappa shape index (κ2) is 16.3. The average Bonchev–Trinajstić information content (AvgIpc) is 2.98. The maximum Gasteiger partial charge on any atom is 0.243 e. The van der Waals surface area contributed by atoms with Crippen LogP contribution in [0.15, 0.2) is 78.9 Å². The third-order valence-electron chi connectivity index (χ3n) is 7.13. The molecule has 0 unspecified atom stereocenters. The third kappa shape index (κ3) is 10.6. The van der Waals surface area contributed by atoms with E-state index in [2.05, 4.69) is 5.32 Å². The molecular weight excluding hydrogens is 586 g/mol. The van der Waals surface area contributed by atoms with Crippen LogP contribution in [0.25, 0.3) is 0 Å². The molecule has 0 aromatic heterocycles. The number of hydrogen-bond donors (Lipinski definition) is 1. The van der Waals surface area contributed by atoms with Crippen molar-refractivity contribution in [3.63, 3.8) is 0 Å². The van der Waals surface area contributed by atoms with E-state index in [0.29, 0.717) is 29.5 Å². The minimum absolute atomic E-state index is 0.0541. The van der Waals surface area contributed by atoms with Gasteiger partial charge in [0.25, 0.3) is 0 Å². The van der Waals surface area contributed by atoms with Crippen molar-refractivity contribution in [3.8, 4) is 5.75 Å². The Labute approximate surface area is 261 Å². The first-order valence-corrected chi connectivity index (χ1v) is 16.8. The number of anilines is 1. The zero-order valence-electron chi connectivity index (χ0n) is 25.3. The molecule has 0 bridgehead atoms. The van der Waals surface area contributed by atoms with Gasteiger partial charge >= 0.3 is 0 Å². The molecule has 8 nitrogen and oxygen atoms in total. The number of hydrogen-bond acceptors (Lipinski definition) is 5. The van der Waals surface area contributed by atoms with Gasteiger partial charge in [-0.05, 0) is 74.2 Å². The van der Waals surface area contributed by atoms with Gasteiger partial charge in [0.2, 0.25) is 21.8 Å². The highest BCUT2D eigenvalue weighted by Gasteiger charge is 2.31. The first-order chi connectivity index (χ1) is 20.5. The van der Waals surface area contributed by atoms with E-state index in [0.717, 1.165) is 23.8 Å². The van der Waals surface area contributed by atoms with Crippen molar-refractivity contribution in [1.29, 1.82) is 0 Å². The van der Waals surface area contributed by atoms with Gasteiger partial charge < -0.3 is 15.0 Å². The topological polar surface area (TPSA) is 96.0 Å². The molecule has 0 saturated carbocycles. The molecular formula is C33H42ClN3O5S. The van der Waals surface area contributed by atoms with Crippen molar-refractivity contribution >= 4 is 39.1 Å². The first-order valence-electron chi connectivity index (χ1n) is 14.6. The summed E-state index contributed by atoms with van der Waals surface area (Å²) in [6.07, 6.45) is 2.55. The Bertz CT molecular complexity index is 1420. The molecule has 0 aliphatic carbocycles. The van der Waals surface area contributed by atoms with Crippen molar-refractivity contribution in [3.05, 3.63) is 95.0 Å². The molecule has 0 radical (unpaired) electrons. The van der Waals surface area contributed by atoms with Gasteiger partial charge in [-0.1, -0.05) is 61.0 Å². The quantitative estimate of drug-likeness (QED) is 0.215. The van der Waals surface area contributed by atoms with Crippen LogP contribution in [0.4, 0.5) is 5.69 Å². The minimum Gasteiger partial charge on any atom is -0.494 e. The molecule has 0 spiro atoms. The molecule has 43 heavy (non-hydrogen) atoms. The largest absolute Gasteiger partial charge is 0.494 e. The maximum atomic E-state index is 13.9. The van der Waals surface area contributed by atoms with Crippen LogP contribution in [0.2, 0.25) is 5.02 Å². The number of carbonyl (C=O) groups is 2. The van der Waals surface area contributed by atoms with E-state index in [1.807, 2.05) is 63.2 Å². The number of ether oxygens (including phenoxy) is 1. The van der Waals surface area contributed by atoms with Crippen LogP contribution in [0.5, 0.6) is 5.75 Å². The number of halogens is 1. The zero-order valence-corrected chi connectivity index (χ0v) is 26.9. The average molecular weight is 628 g/mol. The lowest BCUT2D eigenvalue weighted by Crippen LogP contribution is -2.52. The highest BCUT2D eigenvalue weighted by molar-refractivity contribution is 7.92. The maximum absolute atomic E-state index is 13.9. The van der Waals surface area contributed by atoms with Gasteiger partial charge in [0.15, 0.2) is 0 Å². The number of carbonyl (C=O) groups excluding carboxylic acids is 2. The third-order valence-corrected chi connectivity index (χ3v) is 8.57. The zero-order chi connectivity index (χ0) is 31.4. The van der Waals surface area contributed by atoms with E-state index in [4.69, 9.17) is 16.3 Å². The summed E-state index contributed by atoms with van der Waals surface area (Å²) in [6.45, 7) is 6.62. The Morgan fingerprint density at radius 2 is 1.58 bits per heavy atom. The van der Waals surface area contributed by atoms with E-state index in [1.54, 1.807) is 41.3 Å². The fourth-order valence-electron chi connectivity index (χ4n) is 4.66. The normalized spacial score (nSPS) is 12.7. The lowest BCUT2D eigenvalue weighted by atomic mass is 10.0. The van der Waals surface area contributed by atoms with Crippen molar-refractivity contribution in [2.45, 2.75) is 65.1 Å². The second-order valence-electron chi connectivity index (χ2n) is 10.5. The number of sulfonamides is 1. The summed E-state index contributed by atoms with van der Waals surface area (Å²) >= 11 is 6.11. The fraction of sp³-hybridized carbons (Fsp3) is 0.394. The van der Waals surface area contributed by atoms with Gasteiger partial charge in [-0.25, -0.2) is 8.42 Å². The lowest BCUT2D eigenvalue weighted by molar-refractivity contribution is -0.141. The molecule has 0 saturated heterocycles. The predicted molar refractivity (Wildman–Crippen MR) is 173 cm³/mol. The highest BCUT2D eigenvalue weighted by Crippen LogP contribution is 2.23. The molecule has 3 rings (SSSR count). The molecule has 0 aliphatic heterocycles. The molecule has 0 fully saturated rings. The van der Waals surface area contributed by atoms with Gasteiger partial charge in [-0.3, -0.25) is 13.9 Å². The van der Waals surface area contributed by atoms with Gasteiger partial charge in [0.1, 0.15) is 11.8 Å². The Hall–Kier alpha value is -3.56. The van der Waals surface area contributed by atoms with Gasteiger partial charge in [0.05, 0.1) is 18.6 Å². The number of benzene rings is 3. The van der Waals surface area contributed by atoms with E-state index in [9.17, 15) is 18.0 Å². The molecule has 2 atom stereocenters. The Morgan fingerprint density at radius 3 is 2.16 bits per heavy atom. The predicted octanol–water partition coefficient (Wildman–Crippen LogP) is 5.84. The van der Waals surface area contributed by atoms with Crippen LogP contribution in [-0.4, -0.2) is 56.6 Å². The number of rotatable bonds is 16. The second-order valence-corrected chi connectivity index (χ2v) is 12.9. The summed E-state index contributed by atoms with van der Waals surface area (Å²) in [5, 5.41) is 3.63. The summed E-state index contributed by atoms with van der Waals surface area (Å²) in [7, 11) is -3.61. The standard InChI is InChI=1S/C33H42ClN3O5S/c1-5-25(3)35-33(39)31(23-26-11-8-7-9-12-26)36(24-27-14-16-28(34)17-15-27)32(38)13-10-22-37(43(4,40)41)29-18-20-30(21-19-29)42-6-2/h7-9,11-12,14-21,25,31H,5-6,10,13,22-24H2,1-4H3,(H,35,39)/t25-,31+/m0/s1.